The highest BCUT2D eigenvalue weighted by atomic mass is 79.9. The Bertz CT molecular complexity index is 635. The highest BCUT2D eigenvalue weighted by molar-refractivity contribution is 9.10. The number of aromatic carboxylic acids is 1. The summed E-state index contributed by atoms with van der Waals surface area (Å²) >= 11 is 3.27. The van der Waals surface area contributed by atoms with Crippen LogP contribution in [0.3, 0.4) is 0 Å². The number of carbonyl (C=O) groups is 1. The summed E-state index contributed by atoms with van der Waals surface area (Å²) in [6.45, 7) is 0.243. The van der Waals surface area contributed by atoms with E-state index in [1.807, 2.05) is 6.07 Å². The van der Waals surface area contributed by atoms with E-state index in [1.165, 1.54) is 22.9 Å². The van der Waals surface area contributed by atoms with Crippen molar-refractivity contribution in [3.8, 4) is 0 Å². The van der Waals surface area contributed by atoms with E-state index in [0.717, 1.165) is 4.47 Å². The predicted octanol–water partition coefficient (Wildman–Crippen LogP) is 1.75. The molecule has 0 amide bonds. The van der Waals surface area contributed by atoms with Crippen LogP contribution in [-0.4, -0.2) is 20.6 Å². The topological polar surface area (TPSA) is 72.2 Å². The van der Waals surface area contributed by atoms with Gasteiger partial charge >= 0.3 is 5.97 Å². The van der Waals surface area contributed by atoms with Gasteiger partial charge in [-0.1, -0.05) is 0 Å². The molecule has 0 radical (unpaired) electrons. The minimum Gasteiger partial charge on any atom is -0.478 e. The average Bonchev–Trinajstić information content (AvgIpc) is 2.34. The van der Waals surface area contributed by atoms with Crippen LogP contribution >= 0.6 is 15.9 Å². The third-order valence-corrected chi connectivity index (χ3v) is 2.82. The van der Waals surface area contributed by atoms with E-state index in [0.29, 0.717) is 5.69 Å². The fourth-order valence-electron chi connectivity index (χ4n) is 1.46. The molecule has 6 heteroatoms. The molecule has 2 rings (SSSR count). The van der Waals surface area contributed by atoms with E-state index in [9.17, 15) is 9.59 Å². The molecule has 2 aromatic heterocycles. The maximum atomic E-state index is 11.6. The Morgan fingerprint density at radius 3 is 2.72 bits per heavy atom. The third kappa shape index (κ3) is 2.84. The smallest absolute Gasteiger partial charge is 0.337 e. The second-order valence-corrected chi connectivity index (χ2v) is 4.57. The predicted molar refractivity (Wildman–Crippen MR) is 68.7 cm³/mol. The molecule has 2 heterocycles. The molecule has 0 unspecified atom stereocenters. The lowest BCUT2D eigenvalue weighted by Gasteiger charge is -2.06. The van der Waals surface area contributed by atoms with E-state index in [4.69, 9.17) is 5.11 Å². The van der Waals surface area contributed by atoms with Gasteiger partial charge < -0.3 is 9.67 Å². The average molecular weight is 309 g/mol. The van der Waals surface area contributed by atoms with Gasteiger partial charge in [-0.05, 0) is 34.1 Å². The summed E-state index contributed by atoms with van der Waals surface area (Å²) in [4.78, 5) is 26.6. The number of nitrogens with zero attached hydrogens (tertiary/aromatic N) is 2. The first-order chi connectivity index (χ1) is 8.56. The van der Waals surface area contributed by atoms with E-state index >= 15 is 0 Å². The number of pyridine rings is 2. The highest BCUT2D eigenvalue weighted by Gasteiger charge is 2.06. The summed E-state index contributed by atoms with van der Waals surface area (Å²) in [7, 11) is 0. The van der Waals surface area contributed by atoms with E-state index in [-0.39, 0.29) is 17.7 Å². The first-order valence-corrected chi connectivity index (χ1v) is 5.90. The minimum absolute atomic E-state index is 0.0757. The summed E-state index contributed by atoms with van der Waals surface area (Å²) in [6, 6.07) is 6.11. The monoisotopic (exact) mass is 308 g/mol. The Hall–Kier alpha value is -1.95. The number of rotatable bonds is 3. The van der Waals surface area contributed by atoms with Crippen LogP contribution in [0.2, 0.25) is 0 Å². The zero-order valence-electron chi connectivity index (χ0n) is 9.21. The molecule has 0 saturated carbocycles. The fourth-order valence-corrected chi connectivity index (χ4v) is 1.69. The van der Waals surface area contributed by atoms with Crippen LogP contribution in [0.4, 0.5) is 0 Å². The molecular weight excluding hydrogens is 300 g/mol. The van der Waals surface area contributed by atoms with Gasteiger partial charge in [0.1, 0.15) is 0 Å². The van der Waals surface area contributed by atoms with Crippen molar-refractivity contribution in [1.82, 2.24) is 9.55 Å². The second kappa shape index (κ2) is 5.14. The van der Waals surface area contributed by atoms with Crippen molar-refractivity contribution in [3.05, 3.63) is 62.7 Å². The van der Waals surface area contributed by atoms with Gasteiger partial charge in [-0.3, -0.25) is 9.78 Å². The Morgan fingerprint density at radius 2 is 2.11 bits per heavy atom. The van der Waals surface area contributed by atoms with Crippen molar-refractivity contribution >= 4 is 21.9 Å². The molecular formula is C12H9BrN2O3. The van der Waals surface area contributed by atoms with Gasteiger partial charge in [0.25, 0.3) is 5.56 Å². The molecule has 18 heavy (non-hydrogen) atoms. The molecule has 0 spiro atoms. The van der Waals surface area contributed by atoms with Crippen molar-refractivity contribution in [2.75, 3.05) is 0 Å². The van der Waals surface area contributed by atoms with Crippen LogP contribution in [0.5, 0.6) is 0 Å². The standard InChI is InChI=1S/C12H9BrN2O3/c13-9-2-3-10(14-5-9)7-15-6-8(12(17)18)1-4-11(15)16/h1-6H,7H2,(H,17,18). The van der Waals surface area contributed by atoms with Gasteiger partial charge in [0.15, 0.2) is 0 Å². The zero-order valence-corrected chi connectivity index (χ0v) is 10.8. The van der Waals surface area contributed by atoms with Gasteiger partial charge in [-0.15, -0.1) is 0 Å². The number of hydrogen-bond donors (Lipinski definition) is 1. The van der Waals surface area contributed by atoms with Crippen LogP contribution < -0.4 is 5.56 Å². The van der Waals surface area contributed by atoms with Gasteiger partial charge in [-0.2, -0.15) is 0 Å². The van der Waals surface area contributed by atoms with Crippen molar-refractivity contribution in [3.63, 3.8) is 0 Å². The molecule has 0 saturated heterocycles. The van der Waals surface area contributed by atoms with Crippen molar-refractivity contribution < 1.29 is 9.90 Å². The number of aromatic nitrogens is 2. The van der Waals surface area contributed by atoms with Crippen LogP contribution in [0.15, 0.2) is 45.9 Å². The molecule has 1 N–H and O–H groups in total. The largest absolute Gasteiger partial charge is 0.478 e. The third-order valence-electron chi connectivity index (χ3n) is 2.35. The second-order valence-electron chi connectivity index (χ2n) is 3.66. The molecule has 2 aromatic rings. The highest BCUT2D eigenvalue weighted by Crippen LogP contribution is 2.08. The summed E-state index contributed by atoms with van der Waals surface area (Å²) < 4.78 is 2.16. The summed E-state index contributed by atoms with van der Waals surface area (Å²) in [5.41, 5.74) is 0.499. The van der Waals surface area contributed by atoms with Gasteiger partial charge in [0.2, 0.25) is 0 Å². The van der Waals surface area contributed by atoms with Crippen molar-refractivity contribution in [2.24, 2.45) is 0 Å². The van der Waals surface area contributed by atoms with Crippen molar-refractivity contribution in [1.29, 1.82) is 0 Å². The van der Waals surface area contributed by atoms with E-state index in [2.05, 4.69) is 20.9 Å². The Labute approximate surface area is 111 Å². The number of halogens is 1. The van der Waals surface area contributed by atoms with Crippen LogP contribution in [0.25, 0.3) is 0 Å². The molecule has 0 bridgehead atoms. The number of hydrogen-bond acceptors (Lipinski definition) is 3. The molecule has 5 nitrogen and oxygen atoms in total. The van der Waals surface area contributed by atoms with Gasteiger partial charge in [0.05, 0.1) is 17.8 Å². The molecule has 0 aliphatic rings. The number of carboxylic acid groups (broad SMARTS) is 1. The summed E-state index contributed by atoms with van der Waals surface area (Å²) in [5, 5.41) is 8.87. The maximum absolute atomic E-state index is 11.6. The SMILES string of the molecule is O=C(O)c1ccc(=O)n(Cc2ccc(Br)cn2)c1. The fraction of sp³-hybridized carbons (Fsp3) is 0.0833. The van der Waals surface area contributed by atoms with E-state index < -0.39 is 5.97 Å². The first-order valence-electron chi connectivity index (χ1n) is 5.10. The lowest BCUT2D eigenvalue weighted by molar-refractivity contribution is 0.0696. The number of carboxylic acids is 1. The van der Waals surface area contributed by atoms with Crippen LogP contribution in [0.1, 0.15) is 16.1 Å². The maximum Gasteiger partial charge on any atom is 0.337 e. The van der Waals surface area contributed by atoms with Crippen molar-refractivity contribution in [2.45, 2.75) is 6.54 Å². The van der Waals surface area contributed by atoms with E-state index in [1.54, 1.807) is 12.3 Å². The van der Waals surface area contributed by atoms with Gasteiger partial charge in [0, 0.05) is 22.9 Å². The quantitative estimate of drug-likeness (QED) is 0.937. The normalized spacial score (nSPS) is 10.3. The molecule has 0 aliphatic heterocycles. The van der Waals surface area contributed by atoms with Crippen LogP contribution in [0, 0.1) is 0 Å². The lowest BCUT2D eigenvalue weighted by atomic mass is 10.2. The zero-order chi connectivity index (χ0) is 13.1. The summed E-state index contributed by atoms with van der Waals surface area (Å²) in [6.07, 6.45) is 2.94. The molecule has 92 valence electrons. The van der Waals surface area contributed by atoms with Gasteiger partial charge in [-0.25, -0.2) is 4.79 Å². The molecule has 0 fully saturated rings. The Balaban J connectivity index is 2.33. The molecule has 0 aromatic carbocycles. The molecule has 0 atom stereocenters. The Morgan fingerprint density at radius 1 is 1.33 bits per heavy atom. The molecule has 0 aliphatic carbocycles. The minimum atomic E-state index is -1.06. The first kappa shape index (κ1) is 12.5. The summed E-state index contributed by atoms with van der Waals surface area (Å²) in [5.74, 6) is -1.06. The Kier molecular flexibility index (Phi) is 3.57. The van der Waals surface area contributed by atoms with Crippen LogP contribution in [-0.2, 0) is 6.54 Å². The lowest BCUT2D eigenvalue weighted by Crippen LogP contribution is -2.21.